The lowest BCUT2D eigenvalue weighted by atomic mass is 9.33. The van der Waals surface area contributed by atoms with Gasteiger partial charge in [0.2, 0.25) is 0 Å². The minimum atomic E-state index is -1.18. The highest BCUT2D eigenvalue weighted by molar-refractivity contribution is 6.30. The second kappa shape index (κ2) is 13.2. The van der Waals surface area contributed by atoms with E-state index in [1.807, 2.05) is 11.6 Å². The van der Waals surface area contributed by atoms with Crippen LogP contribution >= 0.6 is 11.6 Å². The smallest absolute Gasteiger partial charge is 0.309 e. The second-order valence-corrected chi connectivity index (χ2v) is 20.7. The Morgan fingerprint density at radius 1 is 0.982 bits per heavy atom. The summed E-state index contributed by atoms with van der Waals surface area (Å²) in [4.78, 5) is 43.6. The van der Waals surface area contributed by atoms with Gasteiger partial charge in [-0.05, 0) is 128 Å². The summed E-state index contributed by atoms with van der Waals surface area (Å²) >= 11 is 6.12. The lowest BCUT2D eigenvalue weighted by molar-refractivity contribution is -0.235. The van der Waals surface area contributed by atoms with Crippen molar-refractivity contribution < 1.29 is 29.3 Å². The maximum atomic E-state index is 14.2. The summed E-state index contributed by atoms with van der Waals surface area (Å²) in [5, 5.41) is 31.8. The predicted molar refractivity (Wildman–Crippen MR) is 210 cm³/mol. The molecule has 2 heterocycles. The molecule has 4 saturated carbocycles. The van der Waals surface area contributed by atoms with Crippen LogP contribution in [0.25, 0.3) is 11.5 Å². The number of halogens is 1. The molecule has 0 spiro atoms. The van der Waals surface area contributed by atoms with E-state index in [0.717, 1.165) is 50.5 Å². The SMILES string of the molecule is CC(C)C1=C2[C@H]3CCC4[C@@]5(C)CC[C@H](OC(=O)CC(C)(C)C(=O)O)C(C)(C)C5CC[C@@]4(C)[C@]3(C)CC[C@@]2(C(O)c2nnc(-c3ccc(Cl)cn3)n2C)CC1=O. The lowest BCUT2D eigenvalue weighted by Crippen LogP contribution is -2.66. The van der Waals surface area contributed by atoms with Gasteiger partial charge in [-0.1, -0.05) is 60.1 Å². The van der Waals surface area contributed by atoms with Crippen LogP contribution in [0.4, 0.5) is 0 Å². The van der Waals surface area contributed by atoms with Crippen molar-refractivity contribution in [2.24, 2.45) is 63.2 Å². The molecule has 9 atom stereocenters. The summed E-state index contributed by atoms with van der Waals surface area (Å²) in [6.07, 6.45) is 7.75. The van der Waals surface area contributed by atoms with E-state index in [2.05, 4.69) is 63.6 Å². The Morgan fingerprint density at radius 3 is 2.33 bits per heavy atom. The molecular formula is C44H61ClN4O6. The first-order chi connectivity index (χ1) is 25.5. The Hall–Kier alpha value is -3.11. The summed E-state index contributed by atoms with van der Waals surface area (Å²) in [6.45, 7) is 19.4. The van der Waals surface area contributed by atoms with E-state index in [1.54, 1.807) is 32.2 Å². The largest absolute Gasteiger partial charge is 0.481 e. The first-order valence-corrected chi connectivity index (χ1v) is 20.8. The topological polar surface area (TPSA) is 144 Å². The van der Waals surface area contributed by atoms with Crippen LogP contribution in [0, 0.1) is 56.2 Å². The van der Waals surface area contributed by atoms with Crippen LogP contribution in [-0.2, 0) is 26.2 Å². The number of ether oxygens (including phenoxy) is 1. The second-order valence-electron chi connectivity index (χ2n) is 20.3. The van der Waals surface area contributed by atoms with Crippen molar-refractivity contribution in [3.05, 3.63) is 40.3 Å². The van der Waals surface area contributed by atoms with Gasteiger partial charge in [-0.3, -0.25) is 19.4 Å². The number of aliphatic hydroxyl groups excluding tert-OH is 1. The van der Waals surface area contributed by atoms with Crippen LogP contribution in [0.3, 0.4) is 0 Å². The Bertz CT molecular complexity index is 1930. The Kier molecular flexibility index (Phi) is 9.64. The zero-order valence-electron chi connectivity index (χ0n) is 34.5. The molecule has 0 aromatic carbocycles. The molecule has 5 aliphatic rings. The first-order valence-electron chi connectivity index (χ1n) is 20.4. The average molecular weight is 777 g/mol. The Balaban J connectivity index is 1.21. The summed E-state index contributed by atoms with van der Waals surface area (Å²) < 4.78 is 7.99. The quantitative estimate of drug-likeness (QED) is 0.251. The molecule has 0 amide bonds. The number of esters is 1. The average Bonchev–Trinajstić information content (AvgIpc) is 3.63. The van der Waals surface area contributed by atoms with Crippen LogP contribution in [0.5, 0.6) is 0 Å². The number of carboxylic acids is 1. The van der Waals surface area contributed by atoms with Crippen LogP contribution in [0.1, 0.15) is 138 Å². The number of carbonyl (C=O) groups is 3. The number of rotatable bonds is 8. The maximum Gasteiger partial charge on any atom is 0.309 e. The van der Waals surface area contributed by atoms with Crippen LogP contribution in [0.15, 0.2) is 29.5 Å². The molecule has 0 bridgehead atoms. The third-order valence-corrected chi connectivity index (χ3v) is 16.7. The van der Waals surface area contributed by atoms with E-state index in [1.165, 1.54) is 5.57 Å². The number of carbonyl (C=O) groups excluding carboxylic acids is 2. The number of Topliss-reactive ketones (excluding diaryl/α,β-unsaturated/α-hetero) is 1. The van der Waals surface area contributed by atoms with E-state index in [-0.39, 0.29) is 58.2 Å². The fraction of sp³-hybridized carbons (Fsp3) is 0.727. The number of aromatic nitrogens is 4. The lowest BCUT2D eigenvalue weighted by Gasteiger charge is -2.72. The van der Waals surface area contributed by atoms with Gasteiger partial charge in [-0.15, -0.1) is 10.2 Å². The molecule has 0 radical (unpaired) electrons. The van der Waals surface area contributed by atoms with E-state index in [9.17, 15) is 24.6 Å². The molecule has 0 saturated heterocycles. The molecular weight excluding hydrogens is 716 g/mol. The normalized spacial score (nSPS) is 36.1. The van der Waals surface area contributed by atoms with Gasteiger partial charge in [0.15, 0.2) is 17.4 Å². The van der Waals surface area contributed by atoms with Gasteiger partial charge in [0.05, 0.1) is 16.9 Å². The molecule has 2 aromatic heterocycles. The van der Waals surface area contributed by atoms with Crippen molar-refractivity contribution in [3.8, 4) is 11.5 Å². The zero-order valence-corrected chi connectivity index (χ0v) is 35.2. The predicted octanol–water partition coefficient (Wildman–Crippen LogP) is 8.96. The number of nitrogens with zero attached hydrogens (tertiary/aromatic N) is 4. The Labute approximate surface area is 331 Å². The van der Waals surface area contributed by atoms with Gasteiger partial charge >= 0.3 is 11.9 Å². The van der Waals surface area contributed by atoms with Crippen molar-refractivity contribution in [1.29, 1.82) is 0 Å². The van der Waals surface area contributed by atoms with E-state index < -0.39 is 28.9 Å². The zero-order chi connectivity index (χ0) is 40.3. The fourth-order valence-corrected chi connectivity index (χ4v) is 13.5. The van der Waals surface area contributed by atoms with E-state index in [0.29, 0.717) is 40.6 Å². The maximum absolute atomic E-state index is 14.2. The summed E-state index contributed by atoms with van der Waals surface area (Å²) in [6, 6.07) is 3.56. The van der Waals surface area contributed by atoms with Gasteiger partial charge < -0.3 is 19.5 Å². The standard InChI is InChI=1S/C44H61ClN4O6/c1-24(2)33-28(50)21-44(35(52)37-48-47-36(49(37)10)27-13-11-25(45)23-46-27)20-19-42(8)26(34(33)44)12-14-30-41(7)17-16-31(55-32(51)22-39(3,4)38(53)54)40(5,6)29(41)15-18-43(30,42)9/h11,13,23-24,26,29-31,35,52H,12,14-22H2,1-10H3,(H,53,54)/t26-,29?,30?,31+,35?,41+,42-,43-,44-/m1/s1. The number of pyridine rings is 1. The summed E-state index contributed by atoms with van der Waals surface area (Å²) in [5.41, 5.74) is 0.401. The summed E-state index contributed by atoms with van der Waals surface area (Å²) in [7, 11) is 1.86. The van der Waals surface area contributed by atoms with Crippen molar-refractivity contribution in [3.63, 3.8) is 0 Å². The minimum absolute atomic E-state index is 0.0116. The van der Waals surface area contributed by atoms with Crippen molar-refractivity contribution in [1.82, 2.24) is 19.7 Å². The third kappa shape index (κ3) is 5.79. The molecule has 7 rings (SSSR count). The number of carboxylic acid groups (broad SMARTS) is 1. The first kappa shape index (κ1) is 40.1. The van der Waals surface area contributed by atoms with Gasteiger partial charge in [0.1, 0.15) is 17.9 Å². The van der Waals surface area contributed by atoms with Crippen molar-refractivity contribution >= 4 is 29.3 Å². The number of hydrogen-bond acceptors (Lipinski definition) is 8. The number of allylic oxidation sites excluding steroid dienone is 1. The molecule has 10 nitrogen and oxygen atoms in total. The molecule has 3 unspecified atom stereocenters. The molecule has 4 fully saturated rings. The molecule has 2 N–H and O–H groups in total. The minimum Gasteiger partial charge on any atom is -0.481 e. The fourth-order valence-electron chi connectivity index (χ4n) is 13.4. The van der Waals surface area contributed by atoms with E-state index >= 15 is 0 Å². The molecule has 11 heteroatoms. The number of aliphatic hydroxyl groups is 1. The molecule has 2 aromatic rings. The van der Waals surface area contributed by atoms with Gasteiger partial charge in [0, 0.05) is 30.5 Å². The third-order valence-electron chi connectivity index (χ3n) is 16.5. The Morgan fingerprint density at radius 2 is 1.69 bits per heavy atom. The van der Waals surface area contributed by atoms with Crippen LogP contribution in [-0.4, -0.2) is 53.8 Å². The number of ketones is 1. The number of aliphatic carboxylic acids is 1. The summed E-state index contributed by atoms with van der Waals surface area (Å²) in [5.74, 6) is 0.655. The van der Waals surface area contributed by atoms with E-state index in [4.69, 9.17) is 16.3 Å². The van der Waals surface area contributed by atoms with Crippen LogP contribution in [0.2, 0.25) is 5.02 Å². The van der Waals surface area contributed by atoms with Crippen molar-refractivity contribution in [2.45, 2.75) is 139 Å². The van der Waals surface area contributed by atoms with Gasteiger partial charge in [-0.2, -0.15) is 0 Å². The number of hydrogen-bond donors (Lipinski definition) is 2. The van der Waals surface area contributed by atoms with Gasteiger partial charge in [0.25, 0.3) is 0 Å². The molecule has 5 aliphatic carbocycles. The highest BCUT2D eigenvalue weighted by atomic mass is 35.5. The monoisotopic (exact) mass is 776 g/mol. The molecule has 300 valence electrons. The highest BCUT2D eigenvalue weighted by Gasteiger charge is 2.71. The number of fused-ring (bicyclic) bond motifs is 7. The van der Waals surface area contributed by atoms with Crippen LogP contribution < -0.4 is 0 Å². The van der Waals surface area contributed by atoms with Crippen molar-refractivity contribution in [2.75, 3.05) is 0 Å². The highest BCUT2D eigenvalue weighted by Crippen LogP contribution is 2.77. The van der Waals surface area contributed by atoms with Gasteiger partial charge in [-0.25, -0.2) is 0 Å². The molecule has 55 heavy (non-hydrogen) atoms. The molecule has 0 aliphatic heterocycles.